The summed E-state index contributed by atoms with van der Waals surface area (Å²) < 4.78 is 13.9. The summed E-state index contributed by atoms with van der Waals surface area (Å²) in [5.74, 6) is 4.19. The van der Waals surface area contributed by atoms with Crippen LogP contribution in [0.3, 0.4) is 0 Å². The normalized spacial score (nSPS) is 30.8. The minimum atomic E-state index is -2.58. The first-order valence-electron chi connectivity index (χ1n) is 22.6. The third-order valence-electron chi connectivity index (χ3n) is 16.3. The molecule has 0 saturated heterocycles. The first-order chi connectivity index (χ1) is 26.8. The number of fused-ring (bicyclic) bond motifs is 5. The third kappa shape index (κ3) is 7.95. The summed E-state index contributed by atoms with van der Waals surface area (Å²) in [6, 6.07) is 33.0. The fourth-order valence-corrected chi connectivity index (χ4v) is 17.7. The van der Waals surface area contributed by atoms with Crippen LogP contribution in [0.1, 0.15) is 125 Å². The number of aliphatic hydroxyl groups excluding tert-OH is 1. The van der Waals surface area contributed by atoms with Gasteiger partial charge in [-0.25, -0.2) is 0 Å². The Morgan fingerprint density at radius 3 is 2.02 bits per heavy atom. The molecule has 10 atom stereocenters. The van der Waals surface area contributed by atoms with Gasteiger partial charge in [-0.3, -0.25) is 0 Å². The third-order valence-corrected chi connectivity index (χ3v) is 21.4. The lowest BCUT2D eigenvalue weighted by Gasteiger charge is -2.61. The maximum atomic E-state index is 11.9. The molecule has 4 aliphatic carbocycles. The number of hydrogen-bond acceptors (Lipinski definition) is 3. The molecule has 4 heteroatoms. The second kappa shape index (κ2) is 17.0. The van der Waals surface area contributed by atoms with E-state index in [2.05, 4.69) is 152 Å². The minimum Gasteiger partial charge on any atom is -0.404 e. The molecule has 4 aliphatic rings. The van der Waals surface area contributed by atoms with Gasteiger partial charge in [0.05, 0.1) is 12.7 Å². The summed E-state index contributed by atoms with van der Waals surface area (Å²) in [5.41, 5.74) is 3.39. The van der Waals surface area contributed by atoms with Crippen LogP contribution in [0.25, 0.3) is 0 Å². The predicted molar refractivity (Wildman–Crippen MR) is 237 cm³/mol. The van der Waals surface area contributed by atoms with E-state index in [0.29, 0.717) is 35.9 Å². The molecule has 1 N–H and O–H groups in total. The molecule has 0 spiro atoms. The van der Waals surface area contributed by atoms with E-state index < -0.39 is 8.32 Å². The minimum absolute atomic E-state index is 0.00642. The number of ether oxygens (including phenoxy) is 1. The van der Waals surface area contributed by atoms with E-state index in [1.54, 1.807) is 5.57 Å². The van der Waals surface area contributed by atoms with Crippen LogP contribution in [0.4, 0.5) is 0 Å². The van der Waals surface area contributed by atoms with Gasteiger partial charge >= 0.3 is 0 Å². The molecule has 3 aromatic rings. The monoisotopic (exact) mass is 775 g/mol. The second-order valence-corrected chi connectivity index (χ2v) is 24.9. The molecule has 7 rings (SSSR count). The average Bonchev–Trinajstić information content (AvgIpc) is 3.55. The quantitative estimate of drug-likeness (QED) is 0.101. The lowest BCUT2D eigenvalue weighted by Crippen LogP contribution is -2.68. The SMILES string of the molecule is CC(C)[C@@H](CCOCc1ccccc1)C[C@@H](O)[C@@H](C)C1=CC[C@H]2[C@@H]3CC[C@H]4C[C@@H](O[Si](c5ccccc5)(c5ccccc5)C(C)(C)C)CC[C@]4(C)[C@H]3CC[C@]12C. The highest BCUT2D eigenvalue weighted by molar-refractivity contribution is 6.99. The molecule has 0 bridgehead atoms. The Hall–Kier alpha value is -2.50. The van der Waals surface area contributed by atoms with Crippen LogP contribution in [0, 0.1) is 52.3 Å². The van der Waals surface area contributed by atoms with Crippen LogP contribution in [-0.2, 0) is 15.8 Å². The van der Waals surface area contributed by atoms with Crippen LogP contribution in [-0.4, -0.2) is 32.2 Å². The molecule has 3 nitrogen and oxygen atoms in total. The maximum absolute atomic E-state index is 11.9. The van der Waals surface area contributed by atoms with Crippen molar-refractivity contribution >= 4 is 18.7 Å². The number of allylic oxidation sites excluding steroid dienone is 1. The Morgan fingerprint density at radius 2 is 1.41 bits per heavy atom. The fourth-order valence-electron chi connectivity index (χ4n) is 13.0. The largest absolute Gasteiger partial charge is 0.404 e. The highest BCUT2D eigenvalue weighted by atomic mass is 28.4. The van der Waals surface area contributed by atoms with Crippen molar-refractivity contribution in [2.75, 3.05) is 6.61 Å². The van der Waals surface area contributed by atoms with Gasteiger partial charge in [0.2, 0.25) is 0 Å². The van der Waals surface area contributed by atoms with E-state index in [1.165, 1.54) is 67.3 Å². The molecule has 0 aromatic heterocycles. The molecule has 3 aromatic carbocycles. The second-order valence-electron chi connectivity index (χ2n) is 20.6. The van der Waals surface area contributed by atoms with Gasteiger partial charge in [-0.2, -0.15) is 0 Å². The van der Waals surface area contributed by atoms with Crippen LogP contribution in [0.15, 0.2) is 103 Å². The van der Waals surface area contributed by atoms with E-state index >= 15 is 0 Å². The van der Waals surface area contributed by atoms with Gasteiger partial charge in [0.1, 0.15) is 0 Å². The highest BCUT2D eigenvalue weighted by Gasteiger charge is 2.60. The maximum Gasteiger partial charge on any atom is 0.261 e. The van der Waals surface area contributed by atoms with E-state index in [0.717, 1.165) is 37.2 Å². The number of rotatable bonds is 14. The average molecular weight is 775 g/mol. The fraction of sp³-hybridized carbons (Fsp3) is 0.615. The van der Waals surface area contributed by atoms with Gasteiger partial charge in [0.15, 0.2) is 0 Å². The molecule has 0 unspecified atom stereocenters. The smallest absolute Gasteiger partial charge is 0.261 e. The number of hydrogen-bond donors (Lipinski definition) is 1. The first-order valence-corrected chi connectivity index (χ1v) is 24.5. The van der Waals surface area contributed by atoms with Crippen LogP contribution in [0.2, 0.25) is 5.04 Å². The molecule has 0 heterocycles. The molecule has 56 heavy (non-hydrogen) atoms. The van der Waals surface area contributed by atoms with Crippen molar-refractivity contribution in [3.05, 3.63) is 108 Å². The summed E-state index contributed by atoms with van der Waals surface area (Å²) in [5, 5.41) is 14.7. The summed E-state index contributed by atoms with van der Waals surface area (Å²) in [7, 11) is -2.58. The van der Waals surface area contributed by atoms with Gasteiger partial charge in [-0.05, 0) is 132 Å². The van der Waals surface area contributed by atoms with Crippen molar-refractivity contribution < 1.29 is 14.3 Å². The standard InChI is InChI=1S/C52H74O3Si/c1-37(2)40(30-33-54-36-39-18-12-9-13-19-39)34-49(53)38(3)46-26-27-47-45-25-24-41-35-42(28-31-51(41,7)48(45)29-32-52(46,47)8)55-56(50(4,5)6,43-20-14-10-15-21-43)44-22-16-11-17-23-44/h9-23,26,37-38,40-42,45,47-49,53H,24-25,27-36H2,1-8H3/t38-,40-,41-,42-,45-,47-,48-,49+,51-,52+/m0/s1. The molecule has 3 fully saturated rings. The predicted octanol–water partition coefficient (Wildman–Crippen LogP) is 11.8. The van der Waals surface area contributed by atoms with E-state index in [1.807, 2.05) is 0 Å². The molecular formula is C52H74O3Si. The van der Waals surface area contributed by atoms with E-state index in [9.17, 15) is 5.11 Å². The molecule has 0 aliphatic heterocycles. The summed E-state index contributed by atoms with van der Waals surface area (Å²) in [6.45, 7) is 20.9. The molecule has 0 amide bonds. The van der Waals surface area contributed by atoms with Crippen molar-refractivity contribution in [2.45, 2.75) is 143 Å². The van der Waals surface area contributed by atoms with Crippen molar-refractivity contribution in [3.63, 3.8) is 0 Å². The summed E-state index contributed by atoms with van der Waals surface area (Å²) in [6.07, 6.45) is 14.6. The zero-order valence-electron chi connectivity index (χ0n) is 36.2. The van der Waals surface area contributed by atoms with Gasteiger partial charge in [0.25, 0.3) is 8.32 Å². The molecule has 3 saturated carbocycles. The number of benzene rings is 3. The lowest BCUT2D eigenvalue weighted by atomic mass is 9.44. The highest BCUT2D eigenvalue weighted by Crippen LogP contribution is 2.67. The van der Waals surface area contributed by atoms with Crippen molar-refractivity contribution in [3.8, 4) is 0 Å². The Kier molecular flexibility index (Phi) is 12.6. The van der Waals surface area contributed by atoms with Crippen LogP contribution < -0.4 is 10.4 Å². The molecule has 0 radical (unpaired) electrons. The van der Waals surface area contributed by atoms with Crippen LogP contribution in [0.5, 0.6) is 0 Å². The zero-order chi connectivity index (χ0) is 39.7. The van der Waals surface area contributed by atoms with Gasteiger partial charge < -0.3 is 14.3 Å². The molecular weight excluding hydrogens is 701 g/mol. The number of aliphatic hydroxyl groups is 1. The Labute approximate surface area is 342 Å². The van der Waals surface area contributed by atoms with E-state index in [4.69, 9.17) is 9.16 Å². The topological polar surface area (TPSA) is 38.7 Å². The Morgan fingerprint density at radius 1 is 0.786 bits per heavy atom. The summed E-state index contributed by atoms with van der Waals surface area (Å²) >= 11 is 0. The molecule has 304 valence electrons. The Balaban J connectivity index is 1.00. The van der Waals surface area contributed by atoms with Crippen LogP contribution >= 0.6 is 0 Å². The van der Waals surface area contributed by atoms with Crippen molar-refractivity contribution in [1.82, 2.24) is 0 Å². The van der Waals surface area contributed by atoms with Crippen molar-refractivity contribution in [1.29, 1.82) is 0 Å². The van der Waals surface area contributed by atoms with Gasteiger partial charge in [0, 0.05) is 18.6 Å². The van der Waals surface area contributed by atoms with Gasteiger partial charge in [-0.1, -0.05) is 158 Å². The van der Waals surface area contributed by atoms with Gasteiger partial charge in [-0.15, -0.1) is 0 Å². The van der Waals surface area contributed by atoms with Crippen molar-refractivity contribution in [2.24, 2.45) is 52.3 Å². The summed E-state index contributed by atoms with van der Waals surface area (Å²) in [4.78, 5) is 0. The zero-order valence-corrected chi connectivity index (χ0v) is 37.2. The van der Waals surface area contributed by atoms with E-state index in [-0.39, 0.29) is 22.5 Å². The lowest BCUT2D eigenvalue weighted by molar-refractivity contribution is -0.117. The Bertz CT molecular complexity index is 1690. The first kappa shape index (κ1) is 41.6.